The number of sulfone groups is 4. The number of methoxy groups -OCH3 is 3. The minimum atomic E-state index is -3.68. The van der Waals surface area contributed by atoms with Crippen LogP contribution < -0.4 is 71.1 Å². The second kappa shape index (κ2) is 48.5. The van der Waals surface area contributed by atoms with Gasteiger partial charge in [0.1, 0.15) is 42.1 Å². The molecule has 8 N–H and O–H groups in total. The number of carbonyl (C=O) groups excluding carboxylic acids is 8. The van der Waals surface area contributed by atoms with Gasteiger partial charge in [-0.1, -0.05) is 78.1 Å². The highest BCUT2D eigenvalue weighted by atomic mass is 32.2. The van der Waals surface area contributed by atoms with Crippen molar-refractivity contribution in [2.45, 2.75) is 133 Å². The zero-order valence-corrected chi connectivity index (χ0v) is 90.2. The van der Waals surface area contributed by atoms with E-state index in [0.717, 1.165) is 54.9 Å². The number of ether oxygens (including phenoxy) is 6. The van der Waals surface area contributed by atoms with Crippen LogP contribution in [0.25, 0.3) is 40.5 Å². The molecule has 148 heavy (non-hydrogen) atoms. The molecule has 0 bridgehead atoms. The Morgan fingerprint density at radius 2 is 0.784 bits per heavy atom. The van der Waals surface area contributed by atoms with Crippen molar-refractivity contribution in [3.8, 4) is 28.7 Å². The number of nitrogens with one attached hydrogen (secondary N) is 8. The van der Waals surface area contributed by atoms with Crippen molar-refractivity contribution in [3.05, 3.63) is 197 Å². The first-order chi connectivity index (χ1) is 71.1. The van der Waals surface area contributed by atoms with Gasteiger partial charge in [0.15, 0.2) is 50.8 Å². The number of pyridine rings is 1. The minimum Gasteiger partial charge on any atom is -0.497 e. The Hall–Kier alpha value is -13.0. The van der Waals surface area contributed by atoms with Crippen LogP contribution in [0.5, 0.6) is 28.7 Å². The Balaban J connectivity index is 0.000000148. The lowest BCUT2D eigenvalue weighted by Gasteiger charge is -2.32. The predicted molar refractivity (Wildman–Crippen MR) is 577 cm³/mol. The predicted octanol–water partition coefficient (Wildman–Crippen LogP) is 15.8. The van der Waals surface area contributed by atoms with E-state index in [1.165, 1.54) is 83.8 Å². The number of piperidine rings is 4. The SMILES string of the molecule is CCNC(=O)Nc1sc2c(OC)cccc2c1C(=O)N1CCC(S(=O)(=O)c2cc(OC)cc(OC)c2)CC1.CCNC(=O)Nc1sc2ccccc2c1C(=O)N1CCC(S(=O)(=O)c2ccc3c(c2)OCO3)CC1.CCNC(=O)Nc1sc2ccccc2c1C(=O)N1CCC(S(=O)(=O)c2cccc(CN3CCOCC3)c2)CC1.CCNC(=O)Nc1sc2nc(C)ccc2c1C(=O)N1CCC(S(=O)(=O)c2cccc(N(C)C)c2)CC1. The van der Waals surface area contributed by atoms with Gasteiger partial charge in [-0.2, -0.15) is 0 Å². The maximum absolute atomic E-state index is 13.8. The molecule has 0 saturated carbocycles. The average molecular weight is 2180 g/mol. The van der Waals surface area contributed by atoms with Crippen molar-refractivity contribution >= 4 is 199 Å². The number of hydrogen-bond donors (Lipinski definition) is 8. The second-order valence-corrected chi connectivity index (χ2v) is 49.0. The van der Waals surface area contributed by atoms with Gasteiger partial charge in [-0.25, -0.2) is 57.8 Å². The summed E-state index contributed by atoms with van der Waals surface area (Å²) in [4.78, 5) is 121. The number of aromatic nitrogens is 1. The van der Waals surface area contributed by atoms with Gasteiger partial charge in [0.05, 0.1) is 102 Å². The first-order valence-electron chi connectivity index (χ1n) is 48.7. The Morgan fingerprint density at radius 1 is 0.392 bits per heavy atom. The van der Waals surface area contributed by atoms with Crippen molar-refractivity contribution in [2.24, 2.45) is 0 Å². The molecule has 18 rings (SSSR count). The van der Waals surface area contributed by atoms with E-state index < -0.39 is 66.4 Å². The zero-order chi connectivity index (χ0) is 105. The highest BCUT2D eigenvalue weighted by Crippen LogP contribution is 2.46. The molecule has 0 aliphatic carbocycles. The van der Waals surface area contributed by atoms with Crippen molar-refractivity contribution in [1.29, 1.82) is 0 Å². The summed E-state index contributed by atoms with van der Waals surface area (Å²) in [7, 11) is -6.11. The number of benzene rings is 7. The minimum absolute atomic E-state index is 0.0769. The standard InChI is InChI=1S/C28H34N4O5S2.C26H31N3O7S2.C25H31N5O4S2.C24H25N3O6S2/c1-2-29-28(34)30-26-25(23-8-3-4-9-24(23)38-26)27(33)32-12-10-21(11-13-32)39(35,36)22-7-5-6-20(18-22)19-31-14-16-37-17-15-31;1-5-27-26(31)28-24-22(20-7-6-8-21(36-4)23(20)37-24)25(30)29-11-9-18(10-12-29)38(32,33)19-14-16(34-2)13-17(15-19)35-3;1-5-26-25(32)28-23-21(20-10-9-16(2)27-22(20)35-23)24(31)30-13-11-18(12-14-30)36(33,34)19-8-6-7-17(15-19)29(3)4;1-2-25-24(29)26-22-21(17-5-3-4-6-20(17)34-22)23(28)27-11-9-15(10-12-27)35(30,31)16-7-8-18-19(13-16)33-14-32-18/h3-9,18,21H,2,10-17,19H2,1H3,(H2,29,30,34);6-8,13-15,18H,5,9-12H2,1-4H3,(H2,27,28,31);6-10,15,18H,5,11-14H2,1-4H3,(H2,26,28,32);3-8,13,15H,2,9-12,14H2,1H3,(H2,25,26,29). The lowest BCUT2D eigenvalue weighted by molar-refractivity contribution is 0.0341. The Morgan fingerprint density at radius 3 is 1.23 bits per heavy atom. The van der Waals surface area contributed by atoms with Crippen molar-refractivity contribution in [1.82, 2.24) is 50.8 Å². The molecule has 11 heterocycles. The van der Waals surface area contributed by atoms with Crippen LogP contribution in [0, 0.1) is 6.92 Å². The molecule has 45 heteroatoms. The monoisotopic (exact) mass is 2180 g/mol. The molecule has 5 saturated heterocycles. The summed E-state index contributed by atoms with van der Waals surface area (Å²) in [6, 6.07) is 46.1. The van der Waals surface area contributed by atoms with E-state index in [1.807, 2.05) is 132 Å². The number of thiophene rings is 4. The van der Waals surface area contributed by atoms with E-state index in [-0.39, 0.29) is 84.2 Å². The molecule has 0 spiro atoms. The van der Waals surface area contributed by atoms with E-state index in [4.69, 9.17) is 28.4 Å². The third kappa shape index (κ3) is 24.9. The number of urea groups is 4. The van der Waals surface area contributed by atoms with Gasteiger partial charge >= 0.3 is 24.1 Å². The van der Waals surface area contributed by atoms with Gasteiger partial charge in [-0.05, 0) is 176 Å². The molecule has 5 aromatic heterocycles. The zero-order valence-electron chi connectivity index (χ0n) is 83.7. The lowest BCUT2D eigenvalue weighted by atomic mass is 10.1. The van der Waals surface area contributed by atoms with Crippen LogP contribution in [0.1, 0.15) is 132 Å². The average Bonchev–Trinajstić information content (AvgIpc) is 1.60. The summed E-state index contributed by atoms with van der Waals surface area (Å²) >= 11 is 5.23. The molecule has 6 aliphatic heterocycles. The van der Waals surface area contributed by atoms with Crippen LogP contribution in [-0.2, 0) is 50.6 Å². The van der Waals surface area contributed by atoms with Gasteiger partial charge < -0.3 is 74.2 Å². The van der Waals surface area contributed by atoms with Gasteiger partial charge in [-0.15, -0.1) is 34.0 Å². The van der Waals surface area contributed by atoms with Crippen LogP contribution in [0.3, 0.4) is 0 Å². The molecule has 12 amide bonds. The van der Waals surface area contributed by atoms with Crippen LogP contribution in [0.2, 0.25) is 0 Å². The maximum atomic E-state index is 13.8. The van der Waals surface area contributed by atoms with Crippen LogP contribution >= 0.6 is 45.3 Å². The number of carbonyl (C=O) groups is 8. The molecule has 0 radical (unpaired) electrons. The number of anilines is 5. The lowest BCUT2D eigenvalue weighted by Crippen LogP contribution is -2.42. The van der Waals surface area contributed by atoms with Gasteiger partial charge in [0.25, 0.3) is 23.6 Å². The highest BCUT2D eigenvalue weighted by Gasteiger charge is 2.42. The summed E-state index contributed by atoms with van der Waals surface area (Å²) in [5.74, 6) is 1.43. The van der Waals surface area contributed by atoms with E-state index >= 15 is 0 Å². The highest BCUT2D eigenvalue weighted by molar-refractivity contribution is 7.93. The van der Waals surface area contributed by atoms with Crippen molar-refractivity contribution in [3.63, 3.8) is 0 Å². The second-order valence-electron chi connectivity index (χ2n) is 35.9. The summed E-state index contributed by atoms with van der Waals surface area (Å²) in [5, 5.41) is 24.3. The van der Waals surface area contributed by atoms with Crippen molar-refractivity contribution in [2.75, 3.05) is 173 Å². The quantitative estimate of drug-likeness (QED) is 0.0250. The van der Waals surface area contributed by atoms with E-state index in [0.29, 0.717) is 220 Å². The Labute approximate surface area is 875 Å². The molecule has 5 fully saturated rings. The normalized spacial score (nSPS) is 15.5. The fourth-order valence-electron chi connectivity index (χ4n) is 18.5. The summed E-state index contributed by atoms with van der Waals surface area (Å²) < 4.78 is 142. The third-order valence-electron chi connectivity index (χ3n) is 26.3. The molecule has 788 valence electrons. The van der Waals surface area contributed by atoms with Crippen LogP contribution in [0.4, 0.5) is 44.9 Å². The first-order valence-corrected chi connectivity index (χ1v) is 58.2. The summed E-state index contributed by atoms with van der Waals surface area (Å²) in [6.45, 7) is 17.2. The van der Waals surface area contributed by atoms with Crippen molar-refractivity contribution < 1.29 is 100 Å². The topological polar surface area (TPSA) is 457 Å². The smallest absolute Gasteiger partial charge is 0.319 e. The largest absolute Gasteiger partial charge is 0.497 e. The third-order valence-corrected chi connectivity index (χ3v) is 39.6. The first kappa shape index (κ1) is 109. The number of nitrogens with zero attached hydrogens (tertiary/aromatic N) is 7. The summed E-state index contributed by atoms with van der Waals surface area (Å²) in [6.07, 6.45) is 2.62. The molecule has 0 atom stereocenters. The number of hydrogen-bond acceptors (Lipinski definition) is 29. The van der Waals surface area contributed by atoms with Crippen LogP contribution in [0.15, 0.2) is 183 Å². The number of aryl methyl sites for hydroxylation is 1. The summed E-state index contributed by atoms with van der Waals surface area (Å²) in [5.41, 5.74) is 4.28. The van der Waals surface area contributed by atoms with E-state index in [1.54, 1.807) is 88.2 Å². The Bertz CT molecular complexity index is 7380. The van der Waals surface area contributed by atoms with Gasteiger partial charge in [0.2, 0.25) is 6.79 Å². The number of amides is 12. The molecule has 6 aliphatic rings. The fourth-order valence-corrected chi connectivity index (χ4v) is 30.1. The Kier molecular flexibility index (Phi) is 35.8. The number of morpholine rings is 1. The maximum Gasteiger partial charge on any atom is 0.319 e. The number of likely N-dealkylation sites (tertiary alicyclic amines) is 4. The number of rotatable bonds is 26. The van der Waals surface area contributed by atoms with Gasteiger partial charge in [0, 0.05) is 167 Å². The molecule has 7 aromatic carbocycles. The van der Waals surface area contributed by atoms with E-state index in [2.05, 4.69) is 52.4 Å². The molecule has 37 nitrogen and oxygen atoms in total. The molecule has 12 aromatic rings. The van der Waals surface area contributed by atoms with E-state index in [9.17, 15) is 72.0 Å². The van der Waals surface area contributed by atoms with Gasteiger partial charge in [-0.3, -0.25) is 45.3 Å². The molecule has 0 unspecified atom stereocenters. The van der Waals surface area contributed by atoms with Crippen LogP contribution in [-0.4, -0.2) is 279 Å². The molecular formula is C103H121N15O22S8. The molecular weight excluding hydrogens is 2060 g/mol. The fraction of sp³-hybridized carbons (Fsp3) is 0.388. The number of fused-ring (bicyclic) bond motifs is 5.